The van der Waals surface area contributed by atoms with Gasteiger partial charge in [0.2, 0.25) is 0 Å². The summed E-state index contributed by atoms with van der Waals surface area (Å²) < 4.78 is 4.97. The number of nitrogens with zero attached hydrogens (tertiary/aromatic N) is 2. The van der Waals surface area contributed by atoms with E-state index in [0.29, 0.717) is 0 Å². The maximum absolute atomic E-state index is 2.56. The summed E-state index contributed by atoms with van der Waals surface area (Å²) in [6.45, 7) is 0. The van der Waals surface area contributed by atoms with Crippen molar-refractivity contribution in [2.45, 2.75) is 38.5 Å². The molecule has 0 aliphatic heterocycles. The Morgan fingerprint density at radius 1 is 0.385 bits per heavy atom. The van der Waals surface area contributed by atoms with Crippen LogP contribution >= 0.6 is 0 Å². The molecule has 0 fully saturated rings. The molecule has 0 spiro atoms. The number of para-hydroxylation sites is 2. The molecule has 0 amide bonds. The van der Waals surface area contributed by atoms with Crippen molar-refractivity contribution in [1.29, 1.82) is 0 Å². The third-order valence-corrected chi connectivity index (χ3v) is 11.9. The molecular weight excluding hydrogens is 629 g/mol. The van der Waals surface area contributed by atoms with Crippen molar-refractivity contribution in [2.24, 2.45) is 0 Å². The van der Waals surface area contributed by atoms with Crippen LogP contribution < -0.4 is 0 Å². The van der Waals surface area contributed by atoms with Gasteiger partial charge in [0.05, 0.1) is 22.1 Å². The number of allylic oxidation sites excluding steroid dienone is 8. The molecule has 8 aromatic rings. The molecule has 0 saturated carbocycles. The van der Waals surface area contributed by atoms with Gasteiger partial charge in [0, 0.05) is 32.9 Å². The number of fused-ring (bicyclic) bond motifs is 7. The number of hydrogen-bond donors (Lipinski definition) is 0. The van der Waals surface area contributed by atoms with Crippen LogP contribution in [0.1, 0.15) is 38.5 Å². The van der Waals surface area contributed by atoms with Gasteiger partial charge in [-0.25, -0.2) is 0 Å². The molecule has 0 saturated heterocycles. The molecule has 248 valence electrons. The van der Waals surface area contributed by atoms with Gasteiger partial charge >= 0.3 is 0 Å². The minimum absolute atomic E-state index is 1.07. The van der Waals surface area contributed by atoms with Crippen LogP contribution in [0.15, 0.2) is 180 Å². The lowest BCUT2D eigenvalue weighted by atomic mass is 9.77. The standard InChI is InChI=1S/C50H38N2/c1-2-10-33(11-3-1)34-20-24-39(25-21-34)51-47-16-8-6-14-43(47)45-31-36(22-28-49(45)51)37-23-29-50-46(32-37)44-15-7-9-17-48(44)52(50)40-26-27-42-38(30-40)19-18-35-12-4-5-13-41(35)42/h1-4,6-12,14-17,20-25,28-32H,5,13,18-19,26-27H2. The molecule has 0 atom stereocenters. The van der Waals surface area contributed by atoms with E-state index in [9.17, 15) is 0 Å². The van der Waals surface area contributed by atoms with Gasteiger partial charge in [-0.15, -0.1) is 0 Å². The molecule has 3 aliphatic rings. The average Bonchev–Trinajstić information content (AvgIpc) is 3.73. The summed E-state index contributed by atoms with van der Waals surface area (Å²) in [6.07, 6.45) is 14.2. The molecule has 0 unspecified atom stereocenters. The van der Waals surface area contributed by atoms with Crippen LogP contribution in [0.25, 0.3) is 77.2 Å². The summed E-state index contributed by atoms with van der Waals surface area (Å²) in [7, 11) is 0. The van der Waals surface area contributed by atoms with Gasteiger partial charge in [0.25, 0.3) is 0 Å². The van der Waals surface area contributed by atoms with Crippen LogP contribution in [0.4, 0.5) is 0 Å². The van der Waals surface area contributed by atoms with Crippen molar-refractivity contribution < 1.29 is 0 Å². The molecule has 2 heteroatoms. The molecule has 0 N–H and O–H groups in total. The van der Waals surface area contributed by atoms with Crippen molar-refractivity contribution in [2.75, 3.05) is 0 Å². The summed E-state index contributed by atoms with van der Waals surface area (Å²) in [5.74, 6) is 0. The Bertz CT molecular complexity index is 2870. The molecule has 6 aromatic carbocycles. The quantitative estimate of drug-likeness (QED) is 0.177. The zero-order valence-electron chi connectivity index (χ0n) is 29.1. The van der Waals surface area contributed by atoms with Crippen LogP contribution in [0, 0.1) is 0 Å². The fourth-order valence-electron chi connectivity index (χ4n) is 9.41. The second-order valence-corrected chi connectivity index (χ2v) is 14.7. The number of aromatic nitrogens is 2. The second kappa shape index (κ2) is 11.7. The molecule has 2 aromatic heterocycles. The van der Waals surface area contributed by atoms with Gasteiger partial charge in [0.15, 0.2) is 0 Å². The maximum Gasteiger partial charge on any atom is 0.0541 e. The highest BCUT2D eigenvalue weighted by Crippen LogP contribution is 2.45. The Balaban J connectivity index is 1.02. The third-order valence-electron chi connectivity index (χ3n) is 11.9. The first-order valence-electron chi connectivity index (χ1n) is 18.8. The van der Waals surface area contributed by atoms with Gasteiger partial charge < -0.3 is 9.13 Å². The van der Waals surface area contributed by atoms with E-state index in [-0.39, 0.29) is 0 Å². The molecule has 2 heterocycles. The maximum atomic E-state index is 2.56. The Morgan fingerprint density at radius 2 is 0.942 bits per heavy atom. The van der Waals surface area contributed by atoms with E-state index >= 15 is 0 Å². The number of hydrogen-bond acceptors (Lipinski definition) is 0. The van der Waals surface area contributed by atoms with Gasteiger partial charge in [-0.1, -0.05) is 103 Å². The Kier molecular flexibility index (Phi) is 6.67. The van der Waals surface area contributed by atoms with Crippen LogP contribution in [-0.4, -0.2) is 9.13 Å². The first kappa shape index (κ1) is 29.6. The van der Waals surface area contributed by atoms with Gasteiger partial charge in [-0.3, -0.25) is 0 Å². The SMILES string of the molecule is C1=CC2=C(CC1)C1=C(C=C(n3c4ccccc4c4cc(-c5ccc6c(c5)c5ccccc5n6-c5ccc(-c6ccccc6)cc5)ccc43)CC1)CC2. The molecule has 3 aliphatic carbocycles. The molecule has 11 rings (SSSR count). The largest absolute Gasteiger partial charge is 0.313 e. The highest BCUT2D eigenvalue weighted by molar-refractivity contribution is 6.13. The van der Waals surface area contributed by atoms with E-state index < -0.39 is 0 Å². The summed E-state index contributed by atoms with van der Waals surface area (Å²) >= 11 is 0. The summed E-state index contributed by atoms with van der Waals surface area (Å²) in [5.41, 5.74) is 19.1. The van der Waals surface area contributed by atoms with Crippen molar-refractivity contribution in [3.05, 3.63) is 180 Å². The molecule has 52 heavy (non-hydrogen) atoms. The number of benzene rings is 6. The zero-order valence-corrected chi connectivity index (χ0v) is 29.1. The summed E-state index contributed by atoms with van der Waals surface area (Å²) in [4.78, 5) is 0. The van der Waals surface area contributed by atoms with Crippen molar-refractivity contribution in [3.63, 3.8) is 0 Å². The minimum Gasteiger partial charge on any atom is -0.313 e. The Labute approximate surface area is 304 Å². The van der Waals surface area contributed by atoms with Gasteiger partial charge in [0.1, 0.15) is 0 Å². The van der Waals surface area contributed by atoms with E-state index in [1.807, 2.05) is 0 Å². The number of rotatable bonds is 4. The smallest absolute Gasteiger partial charge is 0.0541 e. The normalized spacial score (nSPS) is 15.9. The van der Waals surface area contributed by atoms with Crippen molar-refractivity contribution in [3.8, 4) is 27.9 Å². The lowest BCUT2D eigenvalue weighted by molar-refractivity contribution is 0.786. The lowest BCUT2D eigenvalue weighted by Gasteiger charge is -2.30. The van der Waals surface area contributed by atoms with Crippen LogP contribution in [0.3, 0.4) is 0 Å². The molecule has 2 nitrogen and oxygen atoms in total. The second-order valence-electron chi connectivity index (χ2n) is 14.7. The first-order valence-corrected chi connectivity index (χ1v) is 18.8. The van der Waals surface area contributed by atoms with E-state index in [0.717, 1.165) is 19.3 Å². The van der Waals surface area contributed by atoms with E-state index in [4.69, 9.17) is 0 Å². The van der Waals surface area contributed by atoms with Crippen LogP contribution in [0.2, 0.25) is 0 Å². The van der Waals surface area contributed by atoms with Gasteiger partial charge in [-0.2, -0.15) is 0 Å². The fourth-order valence-corrected chi connectivity index (χ4v) is 9.41. The lowest BCUT2D eigenvalue weighted by Crippen LogP contribution is -2.12. The van der Waals surface area contributed by atoms with Crippen LogP contribution in [-0.2, 0) is 0 Å². The highest BCUT2D eigenvalue weighted by Gasteiger charge is 2.25. The van der Waals surface area contributed by atoms with E-state index in [1.54, 1.807) is 22.3 Å². The zero-order chi connectivity index (χ0) is 34.2. The summed E-state index contributed by atoms with van der Waals surface area (Å²) in [6, 6.07) is 51.5. The first-order chi connectivity index (χ1) is 25.8. The van der Waals surface area contributed by atoms with E-state index in [1.165, 1.54) is 96.5 Å². The highest BCUT2D eigenvalue weighted by atomic mass is 15.0. The van der Waals surface area contributed by atoms with Crippen molar-refractivity contribution in [1.82, 2.24) is 9.13 Å². The Hall–Kier alpha value is -6.12. The molecule has 0 bridgehead atoms. The van der Waals surface area contributed by atoms with E-state index in [2.05, 4.69) is 167 Å². The fraction of sp³-hybridized carbons (Fsp3) is 0.120. The summed E-state index contributed by atoms with van der Waals surface area (Å²) in [5, 5.41) is 5.19. The van der Waals surface area contributed by atoms with Crippen LogP contribution in [0.5, 0.6) is 0 Å². The monoisotopic (exact) mass is 666 g/mol. The molecule has 0 radical (unpaired) electrons. The third kappa shape index (κ3) is 4.57. The van der Waals surface area contributed by atoms with Crippen molar-refractivity contribution >= 4 is 49.3 Å². The van der Waals surface area contributed by atoms with Gasteiger partial charge in [-0.05, 0) is 138 Å². The molecular formula is C50H38N2. The Morgan fingerprint density at radius 3 is 1.67 bits per heavy atom. The average molecular weight is 667 g/mol. The predicted octanol–water partition coefficient (Wildman–Crippen LogP) is 13.6. The minimum atomic E-state index is 1.07. The predicted molar refractivity (Wildman–Crippen MR) is 220 cm³/mol. The topological polar surface area (TPSA) is 9.86 Å².